The minimum absolute atomic E-state index is 0.172. The van der Waals surface area contributed by atoms with Crippen LogP contribution < -0.4 is 14.6 Å². The van der Waals surface area contributed by atoms with Crippen molar-refractivity contribution < 1.29 is 31.1 Å². The number of nitrogens with two attached hydrogens (primary N) is 1. The van der Waals surface area contributed by atoms with Crippen molar-refractivity contribution in [2.45, 2.75) is 11.3 Å². The topological polar surface area (TPSA) is 91.5 Å². The molecular formula is C7H6F3IN2O4S. The second-order valence-electron chi connectivity index (χ2n) is 2.87. The van der Waals surface area contributed by atoms with Gasteiger partial charge >= 0.3 is 6.36 Å². The minimum Gasteiger partial charge on any atom is -0.480 e. The molecule has 0 aliphatic carbocycles. The van der Waals surface area contributed by atoms with Crippen LogP contribution in [0, 0.1) is 3.57 Å². The Hall–Kier alpha value is -0.820. The molecule has 1 heterocycles. The molecule has 0 spiro atoms. The molecule has 0 fully saturated rings. The highest BCUT2D eigenvalue weighted by molar-refractivity contribution is 14.1. The molecule has 1 aromatic heterocycles. The number of aromatic nitrogens is 1. The molecule has 0 saturated carbocycles. The summed E-state index contributed by atoms with van der Waals surface area (Å²) >= 11 is 1.44. The average molecular weight is 398 g/mol. The van der Waals surface area contributed by atoms with Crippen molar-refractivity contribution in [3.63, 3.8) is 0 Å². The second-order valence-corrected chi connectivity index (χ2v) is 5.53. The van der Waals surface area contributed by atoms with Crippen molar-refractivity contribution in [2.75, 3.05) is 7.11 Å². The summed E-state index contributed by atoms with van der Waals surface area (Å²) in [6, 6.07) is 0. The quantitative estimate of drug-likeness (QED) is 0.774. The first-order chi connectivity index (χ1) is 8.06. The van der Waals surface area contributed by atoms with Crippen LogP contribution in [0.15, 0.2) is 11.1 Å². The van der Waals surface area contributed by atoms with Crippen LogP contribution in [-0.2, 0) is 10.0 Å². The number of pyridine rings is 1. The van der Waals surface area contributed by atoms with Crippen molar-refractivity contribution in [1.82, 2.24) is 4.98 Å². The molecule has 2 N–H and O–H groups in total. The van der Waals surface area contributed by atoms with Crippen LogP contribution in [0.1, 0.15) is 0 Å². The normalized spacial score (nSPS) is 12.3. The van der Waals surface area contributed by atoms with Crippen LogP contribution >= 0.6 is 22.6 Å². The minimum atomic E-state index is -5.06. The highest BCUT2D eigenvalue weighted by Gasteiger charge is 2.36. The molecule has 0 bridgehead atoms. The lowest BCUT2D eigenvalue weighted by Gasteiger charge is -2.15. The molecule has 0 radical (unpaired) electrons. The zero-order valence-corrected chi connectivity index (χ0v) is 11.6. The van der Waals surface area contributed by atoms with Crippen LogP contribution in [0.3, 0.4) is 0 Å². The van der Waals surface area contributed by atoms with E-state index in [0.717, 1.165) is 13.3 Å². The highest BCUT2D eigenvalue weighted by Crippen LogP contribution is 2.37. The van der Waals surface area contributed by atoms with Gasteiger partial charge in [0.2, 0.25) is 15.9 Å². The van der Waals surface area contributed by atoms with E-state index in [2.05, 4.69) is 14.5 Å². The fourth-order valence-corrected chi connectivity index (χ4v) is 2.54. The van der Waals surface area contributed by atoms with Gasteiger partial charge < -0.3 is 9.47 Å². The number of nitrogens with zero attached hydrogens (tertiary/aromatic N) is 1. The predicted octanol–water partition coefficient (Wildman–Crippen LogP) is 1.24. The van der Waals surface area contributed by atoms with Gasteiger partial charge in [-0.2, -0.15) is 0 Å². The van der Waals surface area contributed by atoms with Crippen LogP contribution in [0.2, 0.25) is 0 Å². The first-order valence-corrected chi connectivity index (χ1v) is 6.70. The number of alkyl halides is 3. The maximum atomic E-state index is 12.2. The summed E-state index contributed by atoms with van der Waals surface area (Å²) in [5.41, 5.74) is 0. The average Bonchev–Trinajstić information content (AvgIpc) is 2.17. The molecule has 11 heteroatoms. The number of ether oxygens (including phenoxy) is 2. The van der Waals surface area contributed by atoms with E-state index in [-0.39, 0.29) is 3.57 Å². The highest BCUT2D eigenvalue weighted by atomic mass is 127. The maximum Gasteiger partial charge on any atom is 0.573 e. The fraction of sp³-hybridized carbons (Fsp3) is 0.286. The van der Waals surface area contributed by atoms with E-state index in [1.165, 1.54) is 22.6 Å². The van der Waals surface area contributed by atoms with Gasteiger partial charge in [0.05, 0.1) is 10.7 Å². The monoisotopic (exact) mass is 398 g/mol. The van der Waals surface area contributed by atoms with Gasteiger partial charge in [-0.1, -0.05) is 0 Å². The first-order valence-electron chi connectivity index (χ1n) is 4.07. The van der Waals surface area contributed by atoms with E-state index in [0.29, 0.717) is 0 Å². The summed E-state index contributed by atoms with van der Waals surface area (Å²) in [5.74, 6) is -1.53. The number of halogens is 4. The van der Waals surface area contributed by atoms with Crippen molar-refractivity contribution in [3.05, 3.63) is 9.77 Å². The van der Waals surface area contributed by atoms with Gasteiger partial charge in [0, 0.05) is 6.20 Å². The largest absolute Gasteiger partial charge is 0.573 e. The lowest BCUT2D eigenvalue weighted by atomic mass is 10.4. The van der Waals surface area contributed by atoms with Crippen molar-refractivity contribution in [3.8, 4) is 11.6 Å². The SMILES string of the molecule is COc1ncc(I)c(OC(F)(F)F)c1S(N)(=O)=O. The zero-order valence-electron chi connectivity index (χ0n) is 8.66. The zero-order chi connectivity index (χ0) is 14.1. The maximum absolute atomic E-state index is 12.2. The molecule has 0 aliphatic rings. The molecule has 18 heavy (non-hydrogen) atoms. The second kappa shape index (κ2) is 5.05. The summed E-state index contributed by atoms with van der Waals surface area (Å²) in [5, 5.41) is 4.82. The Morgan fingerprint density at radius 2 is 2.00 bits per heavy atom. The van der Waals surface area contributed by atoms with E-state index in [4.69, 9.17) is 5.14 Å². The molecule has 0 amide bonds. The summed E-state index contributed by atoms with van der Waals surface area (Å²) < 4.78 is 67.2. The Labute approximate surface area is 113 Å². The Kier molecular flexibility index (Phi) is 4.27. The number of hydrogen-bond acceptors (Lipinski definition) is 5. The third-order valence-corrected chi connectivity index (χ3v) is 3.31. The number of sulfonamides is 1. The van der Waals surface area contributed by atoms with Crippen molar-refractivity contribution in [1.29, 1.82) is 0 Å². The van der Waals surface area contributed by atoms with Gasteiger partial charge in [0.1, 0.15) is 0 Å². The van der Waals surface area contributed by atoms with Crippen LogP contribution in [0.4, 0.5) is 13.2 Å². The molecule has 102 valence electrons. The Bertz CT molecular complexity index is 561. The van der Waals surface area contributed by atoms with Gasteiger partial charge in [-0.25, -0.2) is 18.5 Å². The van der Waals surface area contributed by atoms with E-state index >= 15 is 0 Å². The lowest BCUT2D eigenvalue weighted by molar-refractivity contribution is -0.276. The van der Waals surface area contributed by atoms with Gasteiger partial charge in [0.15, 0.2) is 10.6 Å². The number of rotatable bonds is 3. The van der Waals surface area contributed by atoms with Crippen molar-refractivity contribution >= 4 is 32.6 Å². The Balaban J connectivity index is 3.57. The van der Waals surface area contributed by atoms with Gasteiger partial charge in [-0.05, 0) is 22.6 Å². The summed E-state index contributed by atoms with van der Waals surface area (Å²) in [7, 11) is -3.45. The summed E-state index contributed by atoms with van der Waals surface area (Å²) in [6.45, 7) is 0. The van der Waals surface area contributed by atoms with E-state index < -0.39 is 32.9 Å². The van der Waals surface area contributed by atoms with E-state index in [1.807, 2.05) is 0 Å². The van der Waals surface area contributed by atoms with Crippen molar-refractivity contribution in [2.24, 2.45) is 5.14 Å². The molecule has 1 aromatic rings. The number of methoxy groups -OCH3 is 1. The molecule has 0 saturated heterocycles. The standard InChI is InChI=1S/C7H6F3IN2O4S/c1-16-6-5(18(12,14)15)4(3(11)2-13-6)17-7(8,9)10/h2H,1H3,(H2,12,14,15). The van der Waals surface area contributed by atoms with Gasteiger partial charge in [0.25, 0.3) is 0 Å². The Morgan fingerprint density at radius 3 is 2.39 bits per heavy atom. The van der Waals surface area contributed by atoms with Crippen LogP contribution in [0.25, 0.3) is 0 Å². The molecule has 0 aliphatic heterocycles. The third kappa shape index (κ3) is 3.58. The third-order valence-electron chi connectivity index (χ3n) is 1.61. The van der Waals surface area contributed by atoms with Gasteiger partial charge in [-0.15, -0.1) is 13.2 Å². The molecule has 0 aromatic carbocycles. The summed E-state index contributed by atoms with van der Waals surface area (Å²) in [4.78, 5) is 2.57. The molecule has 1 rings (SSSR count). The van der Waals surface area contributed by atoms with Crippen LogP contribution in [0.5, 0.6) is 11.6 Å². The summed E-state index contributed by atoms with van der Waals surface area (Å²) in [6.07, 6.45) is -4.10. The van der Waals surface area contributed by atoms with Gasteiger partial charge in [-0.3, -0.25) is 0 Å². The predicted molar refractivity (Wildman–Crippen MR) is 61.6 cm³/mol. The molecule has 0 atom stereocenters. The molecule has 6 nitrogen and oxygen atoms in total. The fourth-order valence-electron chi connectivity index (χ4n) is 1.05. The van der Waals surface area contributed by atoms with E-state index in [9.17, 15) is 21.6 Å². The smallest absolute Gasteiger partial charge is 0.480 e. The first kappa shape index (κ1) is 15.2. The number of hydrogen-bond donors (Lipinski definition) is 1. The Morgan fingerprint density at radius 1 is 1.44 bits per heavy atom. The molecule has 0 unspecified atom stereocenters. The molecular weight excluding hydrogens is 392 g/mol. The number of primary sulfonamides is 1. The van der Waals surface area contributed by atoms with Crippen LogP contribution in [-0.4, -0.2) is 26.9 Å². The van der Waals surface area contributed by atoms with E-state index in [1.54, 1.807) is 0 Å². The lowest BCUT2D eigenvalue weighted by Crippen LogP contribution is -2.22.